The second kappa shape index (κ2) is 32.3. The van der Waals surface area contributed by atoms with E-state index in [0.29, 0.717) is 51.3 Å². The fourth-order valence-electron chi connectivity index (χ4n) is 5.58. The van der Waals surface area contributed by atoms with E-state index in [1.807, 2.05) is 19.0 Å². The van der Waals surface area contributed by atoms with Gasteiger partial charge in [0.25, 0.3) is 5.91 Å². The quantitative estimate of drug-likeness (QED) is 0.0415. The van der Waals surface area contributed by atoms with Crippen molar-refractivity contribution in [2.45, 2.75) is 188 Å². The number of hydrogen-bond donors (Lipinski definition) is 0. The molecule has 0 aromatic heterocycles. The van der Waals surface area contributed by atoms with Crippen LogP contribution in [0.2, 0.25) is 0 Å². The Balaban J connectivity index is 4.22. The summed E-state index contributed by atoms with van der Waals surface area (Å²) in [5.41, 5.74) is 0. The summed E-state index contributed by atoms with van der Waals surface area (Å²) < 4.78 is 5.62. The molecule has 1 atom stereocenters. The summed E-state index contributed by atoms with van der Waals surface area (Å²) in [4.78, 5) is 45.3. The summed E-state index contributed by atoms with van der Waals surface area (Å²) in [6.07, 6.45) is 27.9. The number of unbranched alkanes of at least 4 members (excludes halogenated alkanes) is 17. The van der Waals surface area contributed by atoms with E-state index < -0.39 is 0 Å². The third kappa shape index (κ3) is 29.5. The summed E-state index contributed by atoms with van der Waals surface area (Å²) in [6.45, 7) is 8.15. The first kappa shape index (κ1) is 43.4. The van der Waals surface area contributed by atoms with E-state index in [2.05, 4.69) is 20.8 Å². The van der Waals surface area contributed by atoms with Gasteiger partial charge in [-0.2, -0.15) is 5.06 Å². The van der Waals surface area contributed by atoms with Gasteiger partial charge in [0, 0.05) is 25.8 Å². The molecule has 45 heavy (non-hydrogen) atoms. The molecule has 0 aromatic rings. The van der Waals surface area contributed by atoms with E-state index in [4.69, 9.17) is 9.57 Å². The molecule has 0 spiro atoms. The Morgan fingerprint density at radius 1 is 0.511 bits per heavy atom. The Hall–Kier alpha value is -1.63. The van der Waals surface area contributed by atoms with Crippen LogP contribution in [0, 0.1) is 5.92 Å². The van der Waals surface area contributed by atoms with E-state index in [1.165, 1.54) is 101 Å². The lowest BCUT2D eigenvalue weighted by molar-refractivity contribution is -0.199. The molecule has 0 aliphatic heterocycles. The average molecular weight is 639 g/mol. The van der Waals surface area contributed by atoms with Gasteiger partial charge >= 0.3 is 11.9 Å². The number of ether oxygens (including phenoxy) is 1. The average Bonchev–Trinajstić information content (AvgIpc) is 3.02. The van der Waals surface area contributed by atoms with Gasteiger partial charge in [-0.3, -0.25) is 9.59 Å². The van der Waals surface area contributed by atoms with Crippen LogP contribution in [0.15, 0.2) is 0 Å². The summed E-state index contributed by atoms with van der Waals surface area (Å²) in [5.74, 6) is -0.255. The van der Waals surface area contributed by atoms with Gasteiger partial charge in [0.1, 0.15) is 0 Å². The molecular weight excluding hydrogens is 564 g/mol. The summed E-state index contributed by atoms with van der Waals surface area (Å²) >= 11 is 0. The lowest BCUT2D eigenvalue weighted by atomic mass is 9.96. The van der Waals surface area contributed by atoms with Crippen LogP contribution >= 0.6 is 0 Å². The monoisotopic (exact) mass is 639 g/mol. The first-order valence-electron chi connectivity index (χ1n) is 19.1. The molecule has 1 unspecified atom stereocenters. The Kier molecular flexibility index (Phi) is 31.1. The lowest BCUT2D eigenvalue weighted by Crippen LogP contribution is -2.38. The van der Waals surface area contributed by atoms with E-state index in [1.54, 1.807) is 0 Å². The molecule has 0 N–H and O–H groups in total. The predicted molar refractivity (Wildman–Crippen MR) is 188 cm³/mol. The van der Waals surface area contributed by atoms with Crippen molar-refractivity contribution >= 4 is 17.8 Å². The standard InChI is InChI=1S/C38H74N2O5/c1-6-9-12-14-15-16-17-18-19-20-21-22-24-31-38(43)45-40(33-32-39(4)5)36(41)29-25-26-30-37(42)44-34-35(27-11-8-3)28-23-13-10-7-2/h35H,6-34H2,1-5H3. The minimum absolute atomic E-state index is 0.175. The topological polar surface area (TPSA) is 76.2 Å². The second-order valence-electron chi connectivity index (χ2n) is 13.5. The number of amides is 1. The van der Waals surface area contributed by atoms with Crippen LogP contribution < -0.4 is 0 Å². The number of hydroxylamine groups is 2. The first-order chi connectivity index (χ1) is 21.8. The number of esters is 1. The van der Waals surface area contributed by atoms with Gasteiger partial charge in [-0.1, -0.05) is 136 Å². The van der Waals surface area contributed by atoms with Crippen LogP contribution in [0.3, 0.4) is 0 Å². The van der Waals surface area contributed by atoms with Crippen molar-refractivity contribution in [3.63, 3.8) is 0 Å². The molecule has 0 bridgehead atoms. The Morgan fingerprint density at radius 3 is 1.51 bits per heavy atom. The van der Waals surface area contributed by atoms with Crippen LogP contribution in [0.25, 0.3) is 0 Å². The maximum Gasteiger partial charge on any atom is 0.332 e. The highest BCUT2D eigenvalue weighted by Gasteiger charge is 2.19. The SMILES string of the molecule is CCCCCCCCCCCCCCCC(=O)ON(CCN(C)C)C(=O)CCCCC(=O)OCC(CCCC)CCCCCC. The number of hydrogen-bond acceptors (Lipinski definition) is 6. The minimum Gasteiger partial charge on any atom is -0.465 e. The Bertz CT molecular complexity index is 700. The van der Waals surface area contributed by atoms with Crippen molar-refractivity contribution in [1.82, 2.24) is 9.96 Å². The fourth-order valence-corrected chi connectivity index (χ4v) is 5.58. The van der Waals surface area contributed by atoms with Gasteiger partial charge < -0.3 is 14.5 Å². The number of carbonyl (C=O) groups excluding carboxylic acids is 3. The van der Waals surface area contributed by atoms with Crippen LogP contribution in [-0.2, 0) is 24.0 Å². The maximum atomic E-state index is 12.9. The zero-order valence-corrected chi connectivity index (χ0v) is 30.5. The highest BCUT2D eigenvalue weighted by atomic mass is 16.7. The van der Waals surface area contributed by atoms with Gasteiger partial charge in [-0.15, -0.1) is 0 Å². The van der Waals surface area contributed by atoms with E-state index >= 15 is 0 Å². The van der Waals surface area contributed by atoms with Crippen molar-refractivity contribution in [3.8, 4) is 0 Å². The fraction of sp³-hybridized carbons (Fsp3) is 0.921. The molecule has 0 aromatic carbocycles. The van der Waals surface area contributed by atoms with Crippen LogP contribution in [-0.4, -0.2) is 61.6 Å². The van der Waals surface area contributed by atoms with Crippen molar-refractivity contribution in [3.05, 3.63) is 0 Å². The van der Waals surface area contributed by atoms with Crippen LogP contribution in [0.5, 0.6) is 0 Å². The molecule has 0 rings (SSSR count). The lowest BCUT2D eigenvalue weighted by Gasteiger charge is -2.23. The van der Waals surface area contributed by atoms with Gasteiger partial charge in [0.2, 0.25) is 0 Å². The third-order valence-corrected chi connectivity index (χ3v) is 8.66. The highest BCUT2D eigenvalue weighted by molar-refractivity contribution is 5.78. The third-order valence-electron chi connectivity index (χ3n) is 8.66. The van der Waals surface area contributed by atoms with Crippen LogP contribution in [0.1, 0.15) is 188 Å². The van der Waals surface area contributed by atoms with E-state index in [-0.39, 0.29) is 24.3 Å². The molecule has 0 saturated heterocycles. The Labute approximate surface area is 278 Å². The smallest absolute Gasteiger partial charge is 0.332 e. The summed E-state index contributed by atoms with van der Waals surface area (Å²) in [7, 11) is 3.86. The molecule has 0 radical (unpaired) electrons. The van der Waals surface area contributed by atoms with Crippen molar-refractivity contribution < 1.29 is 24.0 Å². The van der Waals surface area contributed by atoms with E-state index in [0.717, 1.165) is 38.5 Å². The molecule has 7 nitrogen and oxygen atoms in total. The molecule has 0 saturated carbocycles. The van der Waals surface area contributed by atoms with Crippen molar-refractivity contribution in [2.75, 3.05) is 33.8 Å². The molecule has 0 heterocycles. The van der Waals surface area contributed by atoms with Gasteiger partial charge in [0.15, 0.2) is 0 Å². The zero-order valence-electron chi connectivity index (χ0n) is 30.5. The molecule has 1 amide bonds. The number of rotatable bonds is 32. The molecule has 0 fully saturated rings. The predicted octanol–water partition coefficient (Wildman–Crippen LogP) is 10.2. The molecular formula is C38H74N2O5. The number of likely N-dealkylation sites (N-methyl/N-ethyl adjacent to an activating group) is 1. The summed E-state index contributed by atoms with van der Waals surface area (Å²) in [6, 6.07) is 0. The zero-order chi connectivity index (χ0) is 33.4. The highest BCUT2D eigenvalue weighted by Crippen LogP contribution is 2.19. The van der Waals surface area contributed by atoms with E-state index in [9.17, 15) is 14.4 Å². The summed E-state index contributed by atoms with van der Waals surface area (Å²) in [5, 5.41) is 1.24. The molecule has 266 valence electrons. The van der Waals surface area contributed by atoms with Crippen molar-refractivity contribution in [1.29, 1.82) is 0 Å². The van der Waals surface area contributed by atoms with Crippen molar-refractivity contribution in [2.24, 2.45) is 5.92 Å². The molecule has 0 aliphatic carbocycles. The number of carbonyl (C=O) groups is 3. The van der Waals surface area contributed by atoms with Gasteiger partial charge in [-0.05, 0) is 52.1 Å². The number of nitrogens with zero attached hydrogens (tertiary/aromatic N) is 2. The van der Waals surface area contributed by atoms with Gasteiger partial charge in [-0.25, -0.2) is 4.79 Å². The minimum atomic E-state index is -0.332. The normalized spacial score (nSPS) is 12.0. The molecule has 0 aliphatic rings. The largest absolute Gasteiger partial charge is 0.465 e. The first-order valence-corrected chi connectivity index (χ1v) is 19.1. The Morgan fingerprint density at radius 2 is 0.956 bits per heavy atom. The molecule has 7 heteroatoms. The van der Waals surface area contributed by atoms with Gasteiger partial charge in [0.05, 0.1) is 13.2 Å². The second-order valence-corrected chi connectivity index (χ2v) is 13.5. The maximum absolute atomic E-state index is 12.9. The van der Waals surface area contributed by atoms with Crippen LogP contribution in [0.4, 0.5) is 0 Å².